The zero-order chi connectivity index (χ0) is 9.65. The van der Waals surface area contributed by atoms with Gasteiger partial charge in [-0.25, -0.2) is 4.98 Å². The van der Waals surface area contributed by atoms with Crippen LogP contribution < -0.4 is 5.73 Å². The summed E-state index contributed by atoms with van der Waals surface area (Å²) < 4.78 is 11.2. The lowest BCUT2D eigenvalue weighted by atomic mass is 9.71. The minimum Gasteiger partial charge on any atom is -0.445 e. The Morgan fingerprint density at radius 3 is 2.47 bits per heavy atom. The van der Waals surface area contributed by atoms with Gasteiger partial charge in [0.25, 0.3) is 0 Å². The van der Waals surface area contributed by atoms with Crippen molar-refractivity contribution in [2.75, 3.05) is 6.61 Å². The normalized spacial score (nSPS) is 38.7. The summed E-state index contributed by atoms with van der Waals surface area (Å²) in [5.74, 6) is 0.860. The van der Waals surface area contributed by atoms with Crippen molar-refractivity contribution in [1.29, 1.82) is 0 Å². The van der Waals surface area contributed by atoms with Crippen LogP contribution in [-0.2, 0) is 10.3 Å². The lowest BCUT2D eigenvalue weighted by Gasteiger charge is -2.50. The van der Waals surface area contributed by atoms with Crippen LogP contribution in [0.1, 0.15) is 31.4 Å². The maximum absolute atomic E-state index is 6.14. The number of hydrogen-bond acceptors (Lipinski definition) is 4. The number of rotatable bonds is 1. The highest BCUT2D eigenvalue weighted by Gasteiger charge is 2.50. The molecule has 3 heterocycles. The topological polar surface area (TPSA) is 61.3 Å². The SMILES string of the molecule is Cl.NC12CCC(c3cnco3)(CC1)OC2. The van der Waals surface area contributed by atoms with Crippen molar-refractivity contribution in [2.24, 2.45) is 5.73 Å². The summed E-state index contributed by atoms with van der Waals surface area (Å²) in [6.07, 6.45) is 7.18. The Balaban J connectivity index is 0.000000853. The molecule has 0 unspecified atom stereocenters. The zero-order valence-corrected chi connectivity index (χ0v) is 9.26. The fourth-order valence-corrected chi connectivity index (χ4v) is 2.48. The smallest absolute Gasteiger partial charge is 0.181 e. The van der Waals surface area contributed by atoms with Gasteiger partial charge in [0.2, 0.25) is 0 Å². The van der Waals surface area contributed by atoms with Crippen LogP contribution in [0, 0.1) is 0 Å². The second-order valence-corrected chi connectivity index (χ2v) is 4.51. The molecule has 1 aromatic heterocycles. The van der Waals surface area contributed by atoms with E-state index >= 15 is 0 Å². The van der Waals surface area contributed by atoms with E-state index in [4.69, 9.17) is 14.9 Å². The van der Waals surface area contributed by atoms with Gasteiger partial charge >= 0.3 is 0 Å². The number of oxazole rings is 1. The summed E-state index contributed by atoms with van der Waals surface area (Å²) in [7, 11) is 0. The molecule has 3 fully saturated rings. The molecule has 5 heteroatoms. The average molecular weight is 231 g/mol. The molecule has 84 valence electrons. The standard InChI is InChI=1S/C10H14N2O2.ClH/c11-9-1-3-10(4-2-9,14-6-9)8-5-12-7-13-8;/h5,7H,1-4,6,11H2;1H. The number of aromatic nitrogens is 1. The molecule has 2 N–H and O–H groups in total. The van der Waals surface area contributed by atoms with Crippen molar-refractivity contribution < 1.29 is 9.15 Å². The van der Waals surface area contributed by atoms with E-state index in [1.165, 1.54) is 6.39 Å². The van der Waals surface area contributed by atoms with E-state index in [1.54, 1.807) is 6.20 Å². The van der Waals surface area contributed by atoms with Gasteiger partial charge in [0.1, 0.15) is 5.60 Å². The van der Waals surface area contributed by atoms with Crippen molar-refractivity contribution in [2.45, 2.75) is 36.8 Å². The molecule has 4 nitrogen and oxygen atoms in total. The lowest BCUT2D eigenvalue weighted by molar-refractivity contribution is -0.168. The molecule has 0 aromatic carbocycles. The molecular weight excluding hydrogens is 216 g/mol. The largest absolute Gasteiger partial charge is 0.445 e. The summed E-state index contributed by atoms with van der Waals surface area (Å²) in [5.41, 5.74) is 5.83. The van der Waals surface area contributed by atoms with Gasteiger partial charge in [0, 0.05) is 5.54 Å². The van der Waals surface area contributed by atoms with E-state index in [-0.39, 0.29) is 23.5 Å². The summed E-state index contributed by atoms with van der Waals surface area (Å²) in [4.78, 5) is 3.95. The number of fused-ring (bicyclic) bond motifs is 3. The number of nitrogens with zero attached hydrogens (tertiary/aromatic N) is 1. The van der Waals surface area contributed by atoms with Crippen LogP contribution in [0.2, 0.25) is 0 Å². The Morgan fingerprint density at radius 1 is 1.27 bits per heavy atom. The first-order valence-corrected chi connectivity index (χ1v) is 5.04. The fraction of sp³-hybridized carbons (Fsp3) is 0.700. The highest BCUT2D eigenvalue weighted by molar-refractivity contribution is 5.85. The van der Waals surface area contributed by atoms with Gasteiger partial charge in [-0.15, -0.1) is 12.4 Å². The number of hydrogen-bond donors (Lipinski definition) is 1. The first kappa shape index (κ1) is 10.9. The van der Waals surface area contributed by atoms with Crippen molar-refractivity contribution in [3.05, 3.63) is 18.4 Å². The molecular formula is C10H15ClN2O2. The van der Waals surface area contributed by atoms with E-state index < -0.39 is 0 Å². The highest BCUT2D eigenvalue weighted by Crippen LogP contribution is 2.48. The van der Waals surface area contributed by atoms with Crippen LogP contribution in [0.3, 0.4) is 0 Å². The summed E-state index contributed by atoms with van der Waals surface area (Å²) in [6, 6.07) is 0. The molecule has 0 amide bonds. The number of halogens is 1. The van der Waals surface area contributed by atoms with Crippen LogP contribution in [0.4, 0.5) is 0 Å². The summed E-state index contributed by atoms with van der Waals surface area (Å²) >= 11 is 0. The Morgan fingerprint density at radius 2 is 2.00 bits per heavy atom. The summed E-state index contributed by atoms with van der Waals surface area (Å²) in [5, 5.41) is 0. The molecule has 0 spiro atoms. The predicted molar refractivity (Wildman–Crippen MR) is 56.8 cm³/mol. The minimum absolute atomic E-state index is 0. The van der Waals surface area contributed by atoms with E-state index in [0.29, 0.717) is 6.61 Å². The van der Waals surface area contributed by atoms with Gasteiger partial charge in [0.15, 0.2) is 12.2 Å². The van der Waals surface area contributed by atoms with E-state index in [1.807, 2.05) is 0 Å². The Labute approximate surface area is 94.6 Å². The van der Waals surface area contributed by atoms with Crippen LogP contribution in [0.15, 0.2) is 17.0 Å². The predicted octanol–water partition coefficient (Wildman–Crippen LogP) is 1.59. The third-order valence-corrected chi connectivity index (χ3v) is 3.57. The van der Waals surface area contributed by atoms with Crippen LogP contribution in [0.25, 0.3) is 0 Å². The Kier molecular flexibility index (Phi) is 2.53. The Hall–Kier alpha value is -0.580. The molecule has 15 heavy (non-hydrogen) atoms. The molecule has 1 aliphatic carbocycles. The zero-order valence-electron chi connectivity index (χ0n) is 8.44. The third-order valence-electron chi connectivity index (χ3n) is 3.57. The maximum atomic E-state index is 6.14. The molecule has 1 saturated carbocycles. The minimum atomic E-state index is -0.225. The van der Waals surface area contributed by atoms with Gasteiger partial charge in [-0.05, 0) is 25.7 Å². The molecule has 3 aliphatic rings. The lowest BCUT2D eigenvalue weighted by Crippen LogP contribution is -2.58. The first-order valence-electron chi connectivity index (χ1n) is 5.04. The summed E-state index contributed by atoms with van der Waals surface area (Å²) in [6.45, 7) is 0.647. The maximum Gasteiger partial charge on any atom is 0.181 e. The molecule has 0 atom stereocenters. The van der Waals surface area contributed by atoms with Crippen molar-refractivity contribution in [3.63, 3.8) is 0 Å². The van der Waals surface area contributed by atoms with Crippen LogP contribution >= 0.6 is 12.4 Å². The molecule has 4 rings (SSSR count). The monoisotopic (exact) mass is 230 g/mol. The van der Waals surface area contributed by atoms with Gasteiger partial charge in [-0.3, -0.25) is 0 Å². The molecule has 1 aromatic rings. The van der Waals surface area contributed by atoms with Gasteiger partial charge < -0.3 is 14.9 Å². The van der Waals surface area contributed by atoms with Gasteiger partial charge in [0.05, 0.1) is 12.8 Å². The molecule has 2 saturated heterocycles. The van der Waals surface area contributed by atoms with Gasteiger partial charge in [-0.1, -0.05) is 0 Å². The second-order valence-electron chi connectivity index (χ2n) is 4.51. The third kappa shape index (κ3) is 1.57. The molecule has 2 bridgehead atoms. The second kappa shape index (κ2) is 3.47. The van der Waals surface area contributed by atoms with Crippen molar-refractivity contribution >= 4 is 12.4 Å². The van der Waals surface area contributed by atoms with Crippen molar-refractivity contribution in [1.82, 2.24) is 4.98 Å². The van der Waals surface area contributed by atoms with Crippen molar-refractivity contribution in [3.8, 4) is 0 Å². The van der Waals surface area contributed by atoms with E-state index in [0.717, 1.165) is 31.4 Å². The molecule has 0 radical (unpaired) electrons. The number of ether oxygens (including phenoxy) is 1. The van der Waals surface area contributed by atoms with Gasteiger partial charge in [-0.2, -0.15) is 0 Å². The van der Waals surface area contributed by atoms with Crippen LogP contribution in [-0.4, -0.2) is 17.1 Å². The average Bonchev–Trinajstić information content (AvgIpc) is 2.73. The fourth-order valence-electron chi connectivity index (χ4n) is 2.48. The van der Waals surface area contributed by atoms with E-state index in [9.17, 15) is 0 Å². The first-order chi connectivity index (χ1) is 6.73. The molecule has 2 aliphatic heterocycles. The quantitative estimate of drug-likeness (QED) is 0.796. The Bertz CT molecular complexity index is 315. The van der Waals surface area contributed by atoms with E-state index in [2.05, 4.69) is 4.98 Å². The van der Waals surface area contributed by atoms with Crippen LogP contribution in [0.5, 0.6) is 0 Å². The number of nitrogens with two attached hydrogens (primary N) is 1. The highest BCUT2D eigenvalue weighted by atomic mass is 35.5.